The number of imidazole rings is 1. The van der Waals surface area contributed by atoms with E-state index < -0.39 is 0 Å². The first kappa shape index (κ1) is 10.8. The molecular weight excluding hydrogens is 206 g/mol. The van der Waals surface area contributed by atoms with Gasteiger partial charge in [-0.1, -0.05) is 13.8 Å². The van der Waals surface area contributed by atoms with Gasteiger partial charge in [0, 0.05) is 12.6 Å². The number of rotatable bonds is 5. The molecule has 2 N–H and O–H groups in total. The Bertz CT molecular complexity index is 453. The van der Waals surface area contributed by atoms with E-state index in [1.54, 1.807) is 6.33 Å². The highest BCUT2D eigenvalue weighted by molar-refractivity contribution is 5.74. The second kappa shape index (κ2) is 4.89. The van der Waals surface area contributed by atoms with E-state index in [9.17, 15) is 0 Å². The van der Waals surface area contributed by atoms with Gasteiger partial charge in [-0.3, -0.25) is 0 Å². The molecule has 0 bridgehead atoms. The maximum Gasteiger partial charge on any atom is 0.243 e. The molecule has 0 spiro atoms. The monoisotopic (exact) mass is 221 g/mol. The van der Waals surface area contributed by atoms with E-state index in [4.69, 9.17) is 4.74 Å². The Morgan fingerprint density at radius 2 is 2.25 bits per heavy atom. The van der Waals surface area contributed by atoms with Gasteiger partial charge < -0.3 is 15.0 Å². The summed E-state index contributed by atoms with van der Waals surface area (Å²) in [5, 5.41) is 3.26. The van der Waals surface area contributed by atoms with Crippen molar-refractivity contribution in [1.29, 1.82) is 0 Å². The summed E-state index contributed by atoms with van der Waals surface area (Å²) in [6.45, 7) is 5.55. The molecule has 0 aromatic carbocycles. The van der Waals surface area contributed by atoms with Gasteiger partial charge in [0.15, 0.2) is 5.65 Å². The van der Waals surface area contributed by atoms with E-state index in [2.05, 4.69) is 39.1 Å². The predicted molar refractivity (Wildman–Crippen MR) is 60.3 cm³/mol. The first-order valence-corrected chi connectivity index (χ1v) is 5.27. The molecule has 6 heteroatoms. The number of nitrogens with one attached hydrogen (secondary N) is 2. The minimum Gasteiger partial charge on any atom is -0.475 e. The molecule has 0 aliphatic carbocycles. The largest absolute Gasteiger partial charge is 0.475 e. The van der Waals surface area contributed by atoms with Crippen LogP contribution in [-0.2, 0) is 0 Å². The van der Waals surface area contributed by atoms with Gasteiger partial charge >= 0.3 is 0 Å². The minimum atomic E-state index is 0.459. The van der Waals surface area contributed by atoms with Gasteiger partial charge in [0.1, 0.15) is 18.5 Å². The van der Waals surface area contributed by atoms with Crippen LogP contribution in [0.2, 0.25) is 0 Å². The average Bonchev–Trinajstić information content (AvgIpc) is 2.72. The highest BCUT2D eigenvalue weighted by Gasteiger charge is 2.06. The van der Waals surface area contributed by atoms with E-state index in [-0.39, 0.29) is 0 Å². The summed E-state index contributed by atoms with van der Waals surface area (Å²) in [6, 6.07) is 0.459. The molecule has 2 aromatic heterocycles. The van der Waals surface area contributed by atoms with Crippen LogP contribution in [0, 0.1) is 0 Å². The fourth-order valence-electron chi connectivity index (χ4n) is 1.35. The van der Waals surface area contributed by atoms with Gasteiger partial charge in [-0.15, -0.1) is 0 Å². The van der Waals surface area contributed by atoms with Gasteiger partial charge in [0.2, 0.25) is 5.88 Å². The van der Waals surface area contributed by atoms with Gasteiger partial charge in [0.25, 0.3) is 0 Å². The molecule has 86 valence electrons. The topological polar surface area (TPSA) is 75.7 Å². The summed E-state index contributed by atoms with van der Waals surface area (Å²) < 4.78 is 5.54. The number of hydrogen-bond acceptors (Lipinski definition) is 5. The summed E-state index contributed by atoms with van der Waals surface area (Å²) in [5.41, 5.74) is 1.37. The molecule has 0 saturated carbocycles. The number of aromatic nitrogens is 4. The van der Waals surface area contributed by atoms with Crippen LogP contribution in [0.5, 0.6) is 5.88 Å². The maximum absolute atomic E-state index is 5.54. The van der Waals surface area contributed by atoms with Crippen molar-refractivity contribution in [2.45, 2.75) is 19.9 Å². The fourth-order valence-corrected chi connectivity index (χ4v) is 1.35. The predicted octanol–water partition coefficient (Wildman–Crippen LogP) is 0.730. The molecule has 0 aliphatic rings. The Labute approximate surface area is 93.5 Å². The summed E-state index contributed by atoms with van der Waals surface area (Å²) in [7, 11) is 0. The summed E-state index contributed by atoms with van der Waals surface area (Å²) in [4.78, 5) is 15.1. The molecule has 0 radical (unpaired) electrons. The normalized spacial score (nSPS) is 11.2. The molecule has 0 amide bonds. The van der Waals surface area contributed by atoms with Gasteiger partial charge in [-0.05, 0) is 0 Å². The molecule has 2 rings (SSSR count). The zero-order valence-electron chi connectivity index (χ0n) is 9.40. The van der Waals surface area contributed by atoms with Crippen LogP contribution in [-0.4, -0.2) is 39.1 Å². The lowest BCUT2D eigenvalue weighted by molar-refractivity contribution is 0.300. The third kappa shape index (κ3) is 2.46. The van der Waals surface area contributed by atoms with Crippen LogP contribution in [0.15, 0.2) is 12.7 Å². The van der Waals surface area contributed by atoms with Crippen LogP contribution < -0.4 is 10.1 Å². The third-order valence-corrected chi connectivity index (χ3v) is 2.08. The smallest absolute Gasteiger partial charge is 0.243 e. The highest BCUT2D eigenvalue weighted by Crippen LogP contribution is 2.16. The number of nitrogens with zero attached hydrogens (tertiary/aromatic N) is 3. The van der Waals surface area contributed by atoms with Crippen LogP contribution in [0.25, 0.3) is 11.2 Å². The standard InChI is InChI=1S/C10H15N5O/c1-7(2)11-3-4-16-10-8-9(13-5-12-8)14-6-15-10/h5-7,11H,3-4H2,1-2H3,(H,12,13,14,15). The fraction of sp³-hybridized carbons (Fsp3) is 0.500. The van der Waals surface area contributed by atoms with Crippen LogP contribution in [0.1, 0.15) is 13.8 Å². The van der Waals surface area contributed by atoms with Crippen molar-refractivity contribution in [3.63, 3.8) is 0 Å². The van der Waals surface area contributed by atoms with Crippen molar-refractivity contribution in [1.82, 2.24) is 25.3 Å². The SMILES string of the molecule is CC(C)NCCOc1ncnc2nc[nH]c12. The average molecular weight is 221 g/mol. The summed E-state index contributed by atoms with van der Waals surface area (Å²) in [6.07, 6.45) is 3.03. The Balaban J connectivity index is 1.96. The lowest BCUT2D eigenvalue weighted by Gasteiger charge is -2.08. The number of ether oxygens (including phenoxy) is 1. The molecule has 0 aliphatic heterocycles. The molecule has 0 atom stereocenters. The zero-order valence-corrected chi connectivity index (χ0v) is 9.40. The number of hydrogen-bond donors (Lipinski definition) is 2. The molecule has 2 aromatic rings. The van der Waals surface area contributed by atoms with Gasteiger partial charge in [-0.25, -0.2) is 9.97 Å². The molecule has 6 nitrogen and oxygen atoms in total. The van der Waals surface area contributed by atoms with Crippen molar-refractivity contribution in [3.05, 3.63) is 12.7 Å². The van der Waals surface area contributed by atoms with Crippen molar-refractivity contribution >= 4 is 11.2 Å². The second-order valence-electron chi connectivity index (χ2n) is 3.74. The lowest BCUT2D eigenvalue weighted by atomic mass is 10.4. The van der Waals surface area contributed by atoms with Gasteiger partial charge in [0.05, 0.1) is 6.33 Å². The lowest BCUT2D eigenvalue weighted by Crippen LogP contribution is -2.27. The molecule has 2 heterocycles. The Hall–Kier alpha value is -1.69. The van der Waals surface area contributed by atoms with Crippen LogP contribution >= 0.6 is 0 Å². The maximum atomic E-state index is 5.54. The zero-order chi connectivity index (χ0) is 11.4. The molecule has 0 fully saturated rings. The van der Waals surface area contributed by atoms with E-state index in [1.165, 1.54) is 6.33 Å². The molecule has 0 saturated heterocycles. The Morgan fingerprint density at radius 1 is 1.38 bits per heavy atom. The summed E-state index contributed by atoms with van der Waals surface area (Å²) in [5.74, 6) is 0.549. The number of H-pyrrole nitrogens is 1. The Morgan fingerprint density at radius 3 is 3.06 bits per heavy atom. The Kier molecular flexibility index (Phi) is 3.31. The first-order valence-electron chi connectivity index (χ1n) is 5.27. The summed E-state index contributed by atoms with van der Waals surface area (Å²) >= 11 is 0. The molecule has 16 heavy (non-hydrogen) atoms. The van der Waals surface area contributed by atoms with Crippen molar-refractivity contribution in [2.24, 2.45) is 0 Å². The molecule has 0 unspecified atom stereocenters. The van der Waals surface area contributed by atoms with Gasteiger partial charge in [-0.2, -0.15) is 4.98 Å². The van der Waals surface area contributed by atoms with Crippen LogP contribution in [0.3, 0.4) is 0 Å². The minimum absolute atomic E-state index is 0.459. The van der Waals surface area contributed by atoms with Crippen LogP contribution in [0.4, 0.5) is 0 Å². The van der Waals surface area contributed by atoms with Crippen molar-refractivity contribution in [2.75, 3.05) is 13.2 Å². The van der Waals surface area contributed by atoms with E-state index in [0.29, 0.717) is 24.2 Å². The number of fused-ring (bicyclic) bond motifs is 1. The van der Waals surface area contributed by atoms with Crippen molar-refractivity contribution < 1.29 is 4.74 Å². The number of aromatic amines is 1. The quantitative estimate of drug-likeness (QED) is 0.728. The van der Waals surface area contributed by atoms with Crippen molar-refractivity contribution in [3.8, 4) is 5.88 Å². The van der Waals surface area contributed by atoms with E-state index in [1.807, 2.05) is 0 Å². The van der Waals surface area contributed by atoms with E-state index in [0.717, 1.165) is 12.1 Å². The highest BCUT2D eigenvalue weighted by atomic mass is 16.5. The second-order valence-corrected chi connectivity index (χ2v) is 3.74. The third-order valence-electron chi connectivity index (χ3n) is 2.08. The van der Waals surface area contributed by atoms with E-state index >= 15 is 0 Å². The first-order chi connectivity index (χ1) is 7.77. The molecular formula is C10H15N5O.